The van der Waals surface area contributed by atoms with Gasteiger partial charge in [-0.25, -0.2) is 0 Å². The number of ether oxygens (including phenoxy) is 2. The number of hydrogen-bond acceptors (Lipinski definition) is 5. The van der Waals surface area contributed by atoms with Crippen LogP contribution in [0.2, 0.25) is 0 Å². The van der Waals surface area contributed by atoms with Gasteiger partial charge in [0.05, 0.1) is 6.54 Å². The smallest absolute Gasteiger partial charge is 0.320 e. The average molecular weight is 500 g/mol. The van der Waals surface area contributed by atoms with Crippen LogP contribution in [0.1, 0.15) is 110 Å². The summed E-state index contributed by atoms with van der Waals surface area (Å²) in [6.45, 7) is 17.5. The quantitative estimate of drug-likeness (QED) is 0.189. The Hall–Kier alpha value is -2.01. The third kappa shape index (κ3) is 6.65. The second kappa shape index (κ2) is 12.0. The minimum Gasteiger partial charge on any atom is -0.508 e. The highest BCUT2D eigenvalue weighted by molar-refractivity contribution is 5.71. The van der Waals surface area contributed by atoms with Gasteiger partial charge in [-0.2, -0.15) is 0 Å². The van der Waals surface area contributed by atoms with Crippen LogP contribution in [-0.4, -0.2) is 47.8 Å². The minimum absolute atomic E-state index is 0.0265. The van der Waals surface area contributed by atoms with Crippen molar-refractivity contribution in [2.45, 2.75) is 110 Å². The van der Waals surface area contributed by atoms with E-state index in [0.29, 0.717) is 18.9 Å². The molecule has 0 aromatic heterocycles. The van der Waals surface area contributed by atoms with Crippen LogP contribution < -0.4 is 4.74 Å². The lowest BCUT2D eigenvalue weighted by molar-refractivity contribution is -0.144. The molecule has 1 aliphatic heterocycles. The van der Waals surface area contributed by atoms with Crippen LogP contribution in [0.3, 0.4) is 0 Å². The molecule has 0 saturated carbocycles. The molecule has 3 rings (SSSR count). The van der Waals surface area contributed by atoms with Gasteiger partial charge in [-0.05, 0) is 74.9 Å². The van der Waals surface area contributed by atoms with Gasteiger partial charge in [0.25, 0.3) is 0 Å². The molecule has 1 aliphatic carbocycles. The van der Waals surface area contributed by atoms with Gasteiger partial charge in [0, 0.05) is 17.4 Å². The summed E-state index contributed by atoms with van der Waals surface area (Å²) in [6, 6.07) is 4.15. The van der Waals surface area contributed by atoms with Gasteiger partial charge >= 0.3 is 5.97 Å². The number of carbonyl (C=O) groups excluding carboxylic acids is 1. The van der Waals surface area contributed by atoms with E-state index in [9.17, 15) is 9.90 Å². The molecule has 0 bridgehead atoms. The van der Waals surface area contributed by atoms with Crippen LogP contribution >= 0.6 is 0 Å². The number of benzene rings is 1. The van der Waals surface area contributed by atoms with Gasteiger partial charge in [-0.3, -0.25) is 9.69 Å². The summed E-state index contributed by atoms with van der Waals surface area (Å²) in [6.07, 6.45) is 9.87. The van der Waals surface area contributed by atoms with E-state index in [1.165, 1.54) is 25.7 Å². The first-order valence-electron chi connectivity index (χ1n) is 14.1. The zero-order valence-electron chi connectivity index (χ0n) is 23.8. The fourth-order valence-corrected chi connectivity index (χ4v) is 5.96. The Kier molecular flexibility index (Phi) is 9.54. The predicted octanol–water partition coefficient (Wildman–Crippen LogP) is 7.12. The highest BCUT2D eigenvalue weighted by atomic mass is 16.5. The number of phenols is 1. The van der Waals surface area contributed by atoms with Crippen LogP contribution in [0, 0.1) is 5.92 Å². The second-order valence-electron chi connectivity index (χ2n) is 11.9. The number of likely N-dealkylation sites (N-methyl/N-ethyl adjacent to an activating group) is 1. The zero-order chi connectivity index (χ0) is 26.5. The molecule has 1 heterocycles. The molecule has 1 aromatic carbocycles. The first kappa shape index (κ1) is 28.6. The number of phenolic OH excluding ortho intramolecular Hbond substituents is 1. The Labute approximate surface area is 219 Å². The van der Waals surface area contributed by atoms with E-state index in [2.05, 4.69) is 65.5 Å². The number of nitrogens with zero attached hydrogens (tertiary/aromatic N) is 1. The van der Waals surface area contributed by atoms with Crippen molar-refractivity contribution in [1.29, 1.82) is 0 Å². The first-order chi connectivity index (χ1) is 17.0. The molecule has 0 amide bonds. The number of fused-ring (bicyclic) bond motifs is 3. The maximum Gasteiger partial charge on any atom is 0.320 e. The topological polar surface area (TPSA) is 59.0 Å². The monoisotopic (exact) mass is 499 g/mol. The molecule has 0 radical (unpaired) electrons. The highest BCUT2D eigenvalue weighted by Crippen LogP contribution is 2.55. The van der Waals surface area contributed by atoms with Crippen molar-refractivity contribution in [2.24, 2.45) is 5.92 Å². The van der Waals surface area contributed by atoms with Crippen molar-refractivity contribution >= 4 is 5.97 Å². The van der Waals surface area contributed by atoms with E-state index < -0.39 is 0 Å². The number of aromatic hydroxyl groups is 1. The Morgan fingerprint density at radius 2 is 1.89 bits per heavy atom. The fourth-order valence-electron chi connectivity index (χ4n) is 5.96. The van der Waals surface area contributed by atoms with Gasteiger partial charge in [-0.1, -0.05) is 66.4 Å². The van der Waals surface area contributed by atoms with Crippen molar-refractivity contribution < 1.29 is 19.4 Å². The number of rotatable bonds is 12. The Morgan fingerprint density at radius 1 is 1.17 bits per heavy atom. The molecule has 0 saturated heterocycles. The van der Waals surface area contributed by atoms with Gasteiger partial charge in [-0.15, -0.1) is 0 Å². The molecule has 2 atom stereocenters. The van der Waals surface area contributed by atoms with E-state index in [4.69, 9.17) is 9.47 Å². The fraction of sp³-hybridized carbons (Fsp3) is 0.710. The molecule has 202 valence electrons. The zero-order valence-corrected chi connectivity index (χ0v) is 23.8. The molecule has 0 spiro atoms. The molecule has 2 aliphatic rings. The number of hydrogen-bond donors (Lipinski definition) is 1. The maximum absolute atomic E-state index is 12.3. The summed E-state index contributed by atoms with van der Waals surface area (Å²) in [5.74, 6) is 1.39. The van der Waals surface area contributed by atoms with Crippen molar-refractivity contribution in [1.82, 2.24) is 4.90 Å². The summed E-state index contributed by atoms with van der Waals surface area (Å²) < 4.78 is 12.2. The van der Waals surface area contributed by atoms with E-state index in [-0.39, 0.29) is 28.8 Å². The van der Waals surface area contributed by atoms with Crippen molar-refractivity contribution in [3.8, 4) is 11.5 Å². The number of esters is 1. The number of allylic oxidation sites excluding steroid dienone is 1. The van der Waals surface area contributed by atoms with Crippen molar-refractivity contribution in [2.75, 3.05) is 26.2 Å². The van der Waals surface area contributed by atoms with Crippen LogP contribution in [0.15, 0.2) is 23.8 Å². The predicted molar refractivity (Wildman–Crippen MR) is 147 cm³/mol. The SMILES string of the molecule is CCCCCCC(C)(C)c1cc(O)c2c(c1)OC(C)(C)[C@H]1CC=C(COC(=O)CN(CC)CC)C[C@H]21. The van der Waals surface area contributed by atoms with Crippen LogP contribution in [-0.2, 0) is 14.9 Å². The molecule has 1 aromatic rings. The summed E-state index contributed by atoms with van der Waals surface area (Å²) in [5, 5.41) is 11.3. The van der Waals surface area contributed by atoms with Gasteiger partial charge in [0.15, 0.2) is 0 Å². The molecule has 5 heteroatoms. The third-order valence-corrected chi connectivity index (χ3v) is 8.49. The van der Waals surface area contributed by atoms with E-state index in [1.807, 2.05) is 6.07 Å². The van der Waals surface area contributed by atoms with E-state index in [1.54, 1.807) is 0 Å². The molecule has 0 unspecified atom stereocenters. The average Bonchev–Trinajstić information content (AvgIpc) is 2.83. The minimum atomic E-state index is -0.338. The summed E-state index contributed by atoms with van der Waals surface area (Å²) in [7, 11) is 0. The van der Waals surface area contributed by atoms with Crippen molar-refractivity contribution in [3.05, 3.63) is 34.9 Å². The molecular weight excluding hydrogens is 450 g/mol. The summed E-state index contributed by atoms with van der Waals surface area (Å²) in [5.41, 5.74) is 2.83. The largest absolute Gasteiger partial charge is 0.508 e. The van der Waals surface area contributed by atoms with Gasteiger partial charge in [0.1, 0.15) is 23.7 Å². The lowest BCUT2D eigenvalue weighted by Gasteiger charge is -2.47. The van der Waals surface area contributed by atoms with Crippen LogP contribution in [0.25, 0.3) is 0 Å². The molecule has 36 heavy (non-hydrogen) atoms. The van der Waals surface area contributed by atoms with Gasteiger partial charge in [0.2, 0.25) is 0 Å². The number of unbranched alkanes of at least 4 members (excludes halogenated alkanes) is 3. The molecule has 1 N–H and O–H groups in total. The van der Waals surface area contributed by atoms with E-state index >= 15 is 0 Å². The molecular formula is C31H49NO4. The highest BCUT2D eigenvalue weighted by Gasteiger charge is 2.46. The summed E-state index contributed by atoms with van der Waals surface area (Å²) in [4.78, 5) is 14.4. The molecule has 0 fully saturated rings. The second-order valence-corrected chi connectivity index (χ2v) is 11.9. The van der Waals surface area contributed by atoms with Crippen molar-refractivity contribution in [3.63, 3.8) is 0 Å². The maximum atomic E-state index is 12.3. The Balaban J connectivity index is 1.78. The van der Waals surface area contributed by atoms with E-state index in [0.717, 1.165) is 54.8 Å². The molecule has 5 nitrogen and oxygen atoms in total. The lowest BCUT2D eigenvalue weighted by Crippen LogP contribution is -2.45. The summed E-state index contributed by atoms with van der Waals surface area (Å²) >= 11 is 0. The number of carbonyl (C=O) groups is 1. The Morgan fingerprint density at radius 3 is 2.56 bits per heavy atom. The van der Waals surface area contributed by atoms with Crippen LogP contribution in [0.5, 0.6) is 11.5 Å². The standard InChI is InChI=1S/C31H49NO4/c1-8-11-12-13-16-30(4,5)23-18-26(33)29-24-17-22(21-35-28(34)20-32(9-2)10-3)14-15-25(24)31(6,7)36-27(29)19-23/h14,18-19,24-25,33H,8-13,15-17,20-21H2,1-7H3/t24-,25-/m0/s1. The van der Waals surface area contributed by atoms with Gasteiger partial charge < -0.3 is 14.6 Å². The van der Waals surface area contributed by atoms with Crippen LogP contribution in [0.4, 0.5) is 0 Å². The third-order valence-electron chi connectivity index (χ3n) is 8.49. The Bertz CT molecular complexity index is 929. The lowest BCUT2D eigenvalue weighted by atomic mass is 9.66. The first-order valence-corrected chi connectivity index (χ1v) is 14.1. The normalized spacial score (nSPS) is 20.8.